The van der Waals surface area contributed by atoms with Gasteiger partial charge in [-0.3, -0.25) is 15.1 Å². The number of carbonyl (C=O) groups is 1. The largest absolute Gasteiger partial charge is 0.346 e. The van der Waals surface area contributed by atoms with Gasteiger partial charge in [0.2, 0.25) is 5.91 Å². The van der Waals surface area contributed by atoms with Crippen LogP contribution in [-0.4, -0.2) is 33.6 Å². The van der Waals surface area contributed by atoms with Crippen molar-refractivity contribution in [1.29, 1.82) is 5.41 Å². The first-order valence-corrected chi connectivity index (χ1v) is 7.62. The third-order valence-electron chi connectivity index (χ3n) is 4.12. The van der Waals surface area contributed by atoms with Crippen LogP contribution in [0.25, 0.3) is 5.69 Å². The zero-order chi connectivity index (χ0) is 16.8. The van der Waals surface area contributed by atoms with Crippen LogP contribution in [0.1, 0.15) is 24.5 Å². The number of benzene rings is 1. The van der Waals surface area contributed by atoms with Gasteiger partial charge in [0.05, 0.1) is 23.8 Å². The van der Waals surface area contributed by atoms with E-state index in [1.54, 1.807) is 17.9 Å². The summed E-state index contributed by atoms with van der Waals surface area (Å²) in [5, 5.41) is 16.0. The molecular weight excluding hydrogens is 314 g/mol. The standard InChI is InChI=1S/C16H18ClN5O/c1-10-4-12(17)6-13(5-10)22-9-11(8-19-22)16(2)7-14(23)21(3)15(18)20-16/h4-6,8-9H,7H2,1-3H3,(H2,18,20)/t16-/m0/s1. The average molecular weight is 332 g/mol. The summed E-state index contributed by atoms with van der Waals surface area (Å²) in [5.41, 5.74) is 2.11. The number of nitrogens with zero attached hydrogens (tertiary/aromatic N) is 3. The van der Waals surface area contributed by atoms with Gasteiger partial charge in [0.25, 0.3) is 0 Å². The molecule has 2 aromatic rings. The second kappa shape index (κ2) is 5.38. The number of rotatable bonds is 2. The Labute approximate surface area is 139 Å². The minimum absolute atomic E-state index is 0.0927. The predicted molar refractivity (Wildman–Crippen MR) is 88.9 cm³/mol. The van der Waals surface area contributed by atoms with Gasteiger partial charge in [-0.1, -0.05) is 11.6 Å². The highest BCUT2D eigenvalue weighted by Crippen LogP contribution is 2.29. The molecule has 0 unspecified atom stereocenters. The predicted octanol–water partition coefficient (Wildman–Crippen LogP) is 2.44. The number of guanidine groups is 1. The molecular formula is C16H18ClN5O. The van der Waals surface area contributed by atoms with Gasteiger partial charge in [-0.15, -0.1) is 0 Å². The maximum Gasteiger partial charge on any atom is 0.231 e. The first-order valence-electron chi connectivity index (χ1n) is 7.24. The Bertz CT molecular complexity index is 759. The van der Waals surface area contributed by atoms with E-state index in [-0.39, 0.29) is 18.3 Å². The van der Waals surface area contributed by atoms with Gasteiger partial charge in [-0.25, -0.2) is 4.68 Å². The molecule has 6 nitrogen and oxygen atoms in total. The van der Waals surface area contributed by atoms with Gasteiger partial charge in [-0.05, 0) is 37.6 Å². The molecule has 0 saturated carbocycles. The van der Waals surface area contributed by atoms with Crippen LogP contribution in [0.15, 0.2) is 30.6 Å². The molecule has 1 saturated heterocycles. The maximum atomic E-state index is 12.1. The van der Waals surface area contributed by atoms with Crippen molar-refractivity contribution in [2.24, 2.45) is 0 Å². The molecule has 0 bridgehead atoms. The quantitative estimate of drug-likeness (QED) is 0.887. The summed E-state index contributed by atoms with van der Waals surface area (Å²) in [7, 11) is 1.59. The van der Waals surface area contributed by atoms with Gasteiger partial charge in [-0.2, -0.15) is 5.10 Å². The van der Waals surface area contributed by atoms with E-state index in [1.165, 1.54) is 4.90 Å². The summed E-state index contributed by atoms with van der Waals surface area (Å²) in [6.07, 6.45) is 3.85. The molecule has 23 heavy (non-hydrogen) atoms. The molecule has 0 spiro atoms. The first kappa shape index (κ1) is 15.6. The van der Waals surface area contributed by atoms with Gasteiger partial charge in [0.15, 0.2) is 5.96 Å². The zero-order valence-electron chi connectivity index (χ0n) is 13.2. The van der Waals surface area contributed by atoms with E-state index >= 15 is 0 Å². The van der Waals surface area contributed by atoms with Crippen molar-refractivity contribution >= 4 is 23.5 Å². The summed E-state index contributed by atoms with van der Waals surface area (Å²) in [4.78, 5) is 13.4. The van der Waals surface area contributed by atoms with E-state index in [2.05, 4.69) is 10.4 Å². The molecule has 1 fully saturated rings. The molecule has 1 aromatic heterocycles. The summed E-state index contributed by atoms with van der Waals surface area (Å²) in [5.74, 6) is -0.00213. The van der Waals surface area contributed by atoms with Crippen molar-refractivity contribution < 1.29 is 4.79 Å². The number of nitrogens with one attached hydrogen (secondary N) is 2. The van der Waals surface area contributed by atoms with Crippen molar-refractivity contribution in [2.75, 3.05) is 7.05 Å². The van der Waals surface area contributed by atoms with Gasteiger partial charge in [0, 0.05) is 23.8 Å². The Balaban J connectivity index is 1.95. The van der Waals surface area contributed by atoms with E-state index in [0.717, 1.165) is 16.8 Å². The Kier molecular flexibility index (Phi) is 3.64. The minimum atomic E-state index is -0.646. The summed E-state index contributed by atoms with van der Waals surface area (Å²) < 4.78 is 1.73. The first-order chi connectivity index (χ1) is 10.8. The van der Waals surface area contributed by atoms with E-state index < -0.39 is 5.54 Å². The lowest BCUT2D eigenvalue weighted by Crippen LogP contribution is -2.58. The molecule has 0 radical (unpaired) electrons. The summed E-state index contributed by atoms with van der Waals surface area (Å²) in [6, 6.07) is 5.71. The molecule has 2 N–H and O–H groups in total. The van der Waals surface area contributed by atoms with Crippen LogP contribution in [-0.2, 0) is 10.3 Å². The smallest absolute Gasteiger partial charge is 0.231 e. The Morgan fingerprint density at radius 1 is 1.39 bits per heavy atom. The number of aryl methyl sites for hydroxylation is 1. The lowest BCUT2D eigenvalue weighted by molar-refractivity contribution is -0.129. The highest BCUT2D eigenvalue weighted by molar-refractivity contribution is 6.30. The minimum Gasteiger partial charge on any atom is -0.346 e. The highest BCUT2D eigenvalue weighted by Gasteiger charge is 2.38. The van der Waals surface area contributed by atoms with Gasteiger partial charge >= 0.3 is 0 Å². The van der Waals surface area contributed by atoms with Crippen molar-refractivity contribution in [3.05, 3.63) is 46.7 Å². The number of carbonyl (C=O) groups excluding carboxylic acids is 1. The average Bonchev–Trinajstić information content (AvgIpc) is 2.94. The topological polar surface area (TPSA) is 74.0 Å². The summed E-state index contributed by atoms with van der Waals surface area (Å²) >= 11 is 6.11. The molecule has 120 valence electrons. The Morgan fingerprint density at radius 3 is 2.78 bits per heavy atom. The number of aromatic nitrogens is 2. The van der Waals surface area contributed by atoms with Gasteiger partial charge < -0.3 is 5.32 Å². The van der Waals surface area contributed by atoms with Crippen LogP contribution in [0.5, 0.6) is 0 Å². The van der Waals surface area contributed by atoms with Crippen molar-refractivity contribution in [2.45, 2.75) is 25.8 Å². The number of amides is 1. The van der Waals surface area contributed by atoms with E-state index in [9.17, 15) is 4.79 Å². The van der Waals surface area contributed by atoms with Crippen LogP contribution in [0.3, 0.4) is 0 Å². The number of halogens is 1. The molecule has 0 aliphatic carbocycles. The normalized spacial score (nSPS) is 21.5. The lowest BCUT2D eigenvalue weighted by Gasteiger charge is -2.38. The van der Waals surface area contributed by atoms with Crippen LogP contribution in [0.4, 0.5) is 0 Å². The van der Waals surface area contributed by atoms with Crippen LogP contribution < -0.4 is 5.32 Å². The third-order valence-corrected chi connectivity index (χ3v) is 4.34. The van der Waals surface area contributed by atoms with Crippen LogP contribution in [0, 0.1) is 12.3 Å². The summed E-state index contributed by atoms with van der Waals surface area (Å²) in [6.45, 7) is 3.87. The maximum absolute atomic E-state index is 12.1. The fraction of sp³-hybridized carbons (Fsp3) is 0.312. The molecule has 3 rings (SSSR count). The molecule has 1 aliphatic heterocycles. The third kappa shape index (κ3) is 2.82. The molecule has 1 atom stereocenters. The molecule has 1 aliphatic rings. The molecule has 1 aromatic carbocycles. The Morgan fingerprint density at radius 2 is 2.13 bits per heavy atom. The molecule has 2 heterocycles. The van der Waals surface area contributed by atoms with Crippen LogP contribution in [0.2, 0.25) is 5.02 Å². The highest BCUT2D eigenvalue weighted by atomic mass is 35.5. The molecule has 1 amide bonds. The number of hydrogen-bond donors (Lipinski definition) is 2. The lowest BCUT2D eigenvalue weighted by atomic mass is 9.89. The number of hydrogen-bond acceptors (Lipinski definition) is 3. The van der Waals surface area contributed by atoms with Crippen LogP contribution >= 0.6 is 11.6 Å². The fourth-order valence-electron chi connectivity index (χ4n) is 2.71. The molecule has 7 heteroatoms. The second-order valence-corrected chi connectivity index (χ2v) is 6.53. The fourth-order valence-corrected chi connectivity index (χ4v) is 2.99. The van der Waals surface area contributed by atoms with E-state index in [0.29, 0.717) is 5.02 Å². The van der Waals surface area contributed by atoms with Crippen molar-refractivity contribution in [3.63, 3.8) is 0 Å². The van der Waals surface area contributed by atoms with Crippen molar-refractivity contribution in [1.82, 2.24) is 20.0 Å². The second-order valence-electron chi connectivity index (χ2n) is 6.10. The zero-order valence-corrected chi connectivity index (χ0v) is 14.0. The SMILES string of the molecule is Cc1cc(Cl)cc(-n2cc([C@]3(C)CC(=O)N(C)C(=N)N3)cn2)c1. The van der Waals surface area contributed by atoms with E-state index in [4.69, 9.17) is 17.0 Å². The van der Waals surface area contributed by atoms with E-state index in [1.807, 2.05) is 38.2 Å². The Hall–Kier alpha value is -2.34. The van der Waals surface area contributed by atoms with Gasteiger partial charge in [0.1, 0.15) is 0 Å². The monoisotopic (exact) mass is 331 g/mol. The van der Waals surface area contributed by atoms with Crippen molar-refractivity contribution in [3.8, 4) is 5.69 Å².